The second kappa shape index (κ2) is 7.60. The number of rotatable bonds is 4. The largest absolute Gasteiger partial charge is 0.376 e. The minimum Gasteiger partial charge on any atom is -0.376 e. The molecule has 0 radical (unpaired) electrons. The van der Waals surface area contributed by atoms with Crippen molar-refractivity contribution in [3.05, 3.63) is 44.8 Å². The molecule has 3 atom stereocenters. The van der Waals surface area contributed by atoms with E-state index in [1.54, 1.807) is 27.7 Å². The zero-order valence-corrected chi connectivity index (χ0v) is 16.6. The molecule has 0 bridgehead atoms. The molecule has 7 heteroatoms. The van der Waals surface area contributed by atoms with Crippen LogP contribution in [0.2, 0.25) is 0 Å². The first-order valence-electron chi connectivity index (χ1n) is 8.94. The predicted molar refractivity (Wildman–Crippen MR) is 106 cm³/mol. The highest BCUT2D eigenvalue weighted by atomic mass is 32.1. The zero-order valence-electron chi connectivity index (χ0n) is 15.0. The number of hydrogen-bond donors (Lipinski definition) is 0. The second-order valence-corrected chi connectivity index (χ2v) is 8.85. The summed E-state index contributed by atoms with van der Waals surface area (Å²) in [7, 11) is 0. The fourth-order valence-electron chi connectivity index (χ4n) is 3.47. The van der Waals surface area contributed by atoms with E-state index in [1.807, 2.05) is 12.1 Å². The summed E-state index contributed by atoms with van der Waals surface area (Å²) in [4.78, 5) is 17.7. The Hall–Kier alpha value is -1.54. The van der Waals surface area contributed by atoms with E-state index in [0.717, 1.165) is 23.6 Å². The number of carbonyl (C=O) groups excluding carboxylic acids is 1. The van der Waals surface area contributed by atoms with E-state index < -0.39 is 0 Å². The van der Waals surface area contributed by atoms with Gasteiger partial charge in [0, 0.05) is 23.9 Å². The molecule has 0 saturated carbocycles. The summed E-state index contributed by atoms with van der Waals surface area (Å²) in [5.74, 6) is 0.0657. The summed E-state index contributed by atoms with van der Waals surface area (Å²) < 4.78 is 5.68. The molecule has 4 rings (SSSR count). The van der Waals surface area contributed by atoms with Crippen molar-refractivity contribution in [2.75, 3.05) is 19.7 Å². The van der Waals surface area contributed by atoms with Crippen molar-refractivity contribution in [3.8, 4) is 0 Å². The number of nitrogens with zero attached hydrogens (tertiary/aromatic N) is 3. The van der Waals surface area contributed by atoms with Crippen LogP contribution in [0.5, 0.6) is 0 Å². The monoisotopic (exact) mass is 389 g/mol. The van der Waals surface area contributed by atoms with Gasteiger partial charge in [0.2, 0.25) is 0 Å². The first-order chi connectivity index (χ1) is 12.6. The van der Waals surface area contributed by atoms with Crippen molar-refractivity contribution in [2.24, 2.45) is 5.10 Å². The number of thiophene rings is 2. The molecule has 2 aliphatic heterocycles. The van der Waals surface area contributed by atoms with Gasteiger partial charge in [-0.15, -0.1) is 22.7 Å². The van der Waals surface area contributed by atoms with Crippen LogP contribution in [0.15, 0.2) is 40.1 Å². The molecule has 3 unspecified atom stereocenters. The molecular weight excluding hydrogens is 366 g/mol. The van der Waals surface area contributed by atoms with Crippen LogP contribution >= 0.6 is 22.7 Å². The van der Waals surface area contributed by atoms with Gasteiger partial charge >= 0.3 is 0 Å². The zero-order chi connectivity index (χ0) is 18.1. The van der Waals surface area contributed by atoms with E-state index in [2.05, 4.69) is 41.6 Å². The van der Waals surface area contributed by atoms with Crippen LogP contribution in [-0.4, -0.2) is 53.4 Å². The van der Waals surface area contributed by atoms with E-state index in [-0.39, 0.29) is 24.1 Å². The number of amides is 1. The van der Waals surface area contributed by atoms with Crippen molar-refractivity contribution in [1.82, 2.24) is 9.91 Å². The van der Waals surface area contributed by atoms with Gasteiger partial charge in [0.1, 0.15) is 0 Å². The van der Waals surface area contributed by atoms with Gasteiger partial charge in [-0.1, -0.05) is 12.1 Å². The van der Waals surface area contributed by atoms with Crippen molar-refractivity contribution >= 4 is 34.3 Å². The Morgan fingerprint density at radius 3 is 2.81 bits per heavy atom. The van der Waals surface area contributed by atoms with Gasteiger partial charge in [0.05, 0.1) is 35.9 Å². The number of morpholine rings is 1. The highest BCUT2D eigenvalue weighted by Crippen LogP contribution is 2.36. The summed E-state index contributed by atoms with van der Waals surface area (Å²) in [6.07, 6.45) is 0.942. The van der Waals surface area contributed by atoms with Crippen LogP contribution in [0, 0.1) is 0 Å². The predicted octanol–water partition coefficient (Wildman–Crippen LogP) is 3.60. The number of hydrazone groups is 1. The molecule has 2 aliphatic rings. The first kappa shape index (κ1) is 17.9. The second-order valence-electron chi connectivity index (χ2n) is 6.92. The topological polar surface area (TPSA) is 45.1 Å². The van der Waals surface area contributed by atoms with Crippen LogP contribution in [0.4, 0.5) is 0 Å². The van der Waals surface area contributed by atoms with Gasteiger partial charge < -0.3 is 4.74 Å². The van der Waals surface area contributed by atoms with E-state index in [9.17, 15) is 4.79 Å². The maximum absolute atomic E-state index is 13.1. The Kier molecular flexibility index (Phi) is 5.22. The maximum Gasteiger partial charge on any atom is 0.257 e. The highest BCUT2D eigenvalue weighted by Gasteiger charge is 2.36. The SMILES string of the molecule is CC1CN(CC(=O)N2N=C(c3cccs3)CC2c2cccs2)C(C)CO1. The lowest BCUT2D eigenvalue weighted by Crippen LogP contribution is -2.51. The van der Waals surface area contributed by atoms with Gasteiger partial charge in [0.25, 0.3) is 5.91 Å². The highest BCUT2D eigenvalue weighted by molar-refractivity contribution is 7.12. The van der Waals surface area contributed by atoms with Crippen molar-refractivity contribution < 1.29 is 9.53 Å². The molecule has 0 N–H and O–H groups in total. The van der Waals surface area contributed by atoms with Gasteiger partial charge in [-0.25, -0.2) is 5.01 Å². The van der Waals surface area contributed by atoms with Crippen LogP contribution in [-0.2, 0) is 9.53 Å². The molecular formula is C19H23N3O2S2. The van der Waals surface area contributed by atoms with E-state index in [4.69, 9.17) is 9.84 Å². The molecule has 1 amide bonds. The molecule has 1 fully saturated rings. The third kappa shape index (κ3) is 3.62. The van der Waals surface area contributed by atoms with Crippen molar-refractivity contribution in [2.45, 2.75) is 38.5 Å². The molecule has 0 aromatic carbocycles. The summed E-state index contributed by atoms with van der Waals surface area (Å²) in [6, 6.07) is 8.50. The lowest BCUT2D eigenvalue weighted by Gasteiger charge is -2.37. The fraction of sp³-hybridized carbons (Fsp3) is 0.474. The normalized spacial score (nSPS) is 26.9. The van der Waals surface area contributed by atoms with Crippen molar-refractivity contribution in [1.29, 1.82) is 0 Å². The molecule has 2 aromatic rings. The van der Waals surface area contributed by atoms with Gasteiger partial charge in [-0.05, 0) is 36.7 Å². The van der Waals surface area contributed by atoms with Crippen LogP contribution < -0.4 is 0 Å². The number of ether oxygens (including phenoxy) is 1. The van der Waals surface area contributed by atoms with Crippen LogP contribution in [0.25, 0.3) is 0 Å². The number of hydrogen-bond acceptors (Lipinski definition) is 6. The average molecular weight is 390 g/mol. The lowest BCUT2D eigenvalue weighted by atomic mass is 10.1. The quantitative estimate of drug-likeness (QED) is 0.803. The van der Waals surface area contributed by atoms with Crippen LogP contribution in [0.3, 0.4) is 0 Å². The Bertz CT molecular complexity index is 773. The summed E-state index contributed by atoms with van der Waals surface area (Å²) >= 11 is 3.37. The Morgan fingerprint density at radius 1 is 1.27 bits per heavy atom. The van der Waals surface area contributed by atoms with E-state index >= 15 is 0 Å². The Morgan fingerprint density at radius 2 is 2.08 bits per heavy atom. The third-order valence-electron chi connectivity index (χ3n) is 4.92. The summed E-state index contributed by atoms with van der Waals surface area (Å²) in [5, 5.41) is 10.6. The van der Waals surface area contributed by atoms with Gasteiger partial charge in [-0.3, -0.25) is 9.69 Å². The minimum atomic E-state index is 0.00775. The summed E-state index contributed by atoms with van der Waals surface area (Å²) in [5.41, 5.74) is 1.01. The van der Waals surface area contributed by atoms with E-state index in [0.29, 0.717) is 13.2 Å². The molecule has 1 saturated heterocycles. The van der Waals surface area contributed by atoms with Crippen molar-refractivity contribution in [3.63, 3.8) is 0 Å². The smallest absolute Gasteiger partial charge is 0.257 e. The molecule has 138 valence electrons. The summed E-state index contributed by atoms with van der Waals surface area (Å²) in [6.45, 7) is 6.01. The maximum atomic E-state index is 13.1. The van der Waals surface area contributed by atoms with E-state index in [1.165, 1.54) is 4.88 Å². The van der Waals surface area contributed by atoms with Gasteiger partial charge in [0.15, 0.2) is 0 Å². The third-order valence-corrected chi connectivity index (χ3v) is 6.81. The Labute approximate surface area is 161 Å². The molecule has 4 heterocycles. The number of carbonyl (C=O) groups is 1. The standard InChI is InChI=1S/C19H23N3O2S2/c1-13-12-24-14(2)10-21(13)11-19(23)22-16(18-6-4-8-26-18)9-15(20-22)17-5-3-7-25-17/h3-8,13-14,16H,9-12H2,1-2H3. The Balaban J connectivity index is 1.55. The molecule has 0 spiro atoms. The fourth-order valence-corrected chi connectivity index (χ4v) is 5.01. The first-order valence-corrected chi connectivity index (χ1v) is 10.7. The lowest BCUT2D eigenvalue weighted by molar-refractivity contribution is -0.137. The molecule has 2 aromatic heterocycles. The molecule has 5 nitrogen and oxygen atoms in total. The van der Waals surface area contributed by atoms with Crippen LogP contribution in [0.1, 0.15) is 36.1 Å². The average Bonchev–Trinajstić information content (AvgIpc) is 3.38. The van der Waals surface area contributed by atoms with Gasteiger partial charge in [-0.2, -0.15) is 5.10 Å². The molecule has 26 heavy (non-hydrogen) atoms. The minimum absolute atomic E-state index is 0.00775. The molecule has 0 aliphatic carbocycles.